The summed E-state index contributed by atoms with van der Waals surface area (Å²) in [4.78, 5) is 0. The van der Waals surface area contributed by atoms with Gasteiger partial charge < -0.3 is 0 Å². The molecule has 0 radical (unpaired) electrons. The van der Waals surface area contributed by atoms with Crippen molar-refractivity contribution in [3.05, 3.63) is 53.3 Å². The SMILES string of the molecule is Cn1cc(-c2ccc3c(Br)cccc3c2)cn1. The van der Waals surface area contributed by atoms with Crippen LogP contribution in [-0.2, 0) is 7.05 Å². The molecule has 0 amide bonds. The quantitative estimate of drug-likeness (QED) is 0.661. The Kier molecular flexibility index (Phi) is 2.48. The van der Waals surface area contributed by atoms with Gasteiger partial charge in [-0.05, 0) is 28.5 Å². The van der Waals surface area contributed by atoms with E-state index in [9.17, 15) is 0 Å². The Morgan fingerprint density at radius 2 is 2.00 bits per heavy atom. The van der Waals surface area contributed by atoms with Gasteiger partial charge >= 0.3 is 0 Å². The number of aryl methyl sites for hydroxylation is 1. The zero-order valence-electron chi connectivity index (χ0n) is 9.39. The summed E-state index contributed by atoms with van der Waals surface area (Å²) >= 11 is 3.57. The van der Waals surface area contributed by atoms with E-state index < -0.39 is 0 Å². The molecule has 0 unspecified atom stereocenters. The van der Waals surface area contributed by atoms with Crippen molar-refractivity contribution in [1.82, 2.24) is 9.78 Å². The fourth-order valence-electron chi connectivity index (χ4n) is 1.99. The maximum Gasteiger partial charge on any atom is 0.0568 e. The smallest absolute Gasteiger partial charge is 0.0568 e. The molecular weight excluding hydrogens is 276 g/mol. The number of hydrogen-bond acceptors (Lipinski definition) is 1. The second-order valence-electron chi connectivity index (χ2n) is 4.08. The number of hydrogen-bond donors (Lipinski definition) is 0. The summed E-state index contributed by atoms with van der Waals surface area (Å²) in [6, 6.07) is 12.7. The van der Waals surface area contributed by atoms with Gasteiger partial charge in [-0.15, -0.1) is 0 Å². The van der Waals surface area contributed by atoms with Gasteiger partial charge in [0.05, 0.1) is 6.20 Å². The Morgan fingerprint density at radius 1 is 1.12 bits per heavy atom. The molecule has 0 fully saturated rings. The molecule has 1 aromatic heterocycles. The Labute approximate surface area is 108 Å². The fourth-order valence-corrected chi connectivity index (χ4v) is 2.51. The average Bonchev–Trinajstić information content (AvgIpc) is 2.76. The molecular formula is C14H11BrN2. The molecule has 2 nitrogen and oxygen atoms in total. The van der Waals surface area contributed by atoms with Crippen LogP contribution in [0.3, 0.4) is 0 Å². The molecule has 0 N–H and O–H groups in total. The Hall–Kier alpha value is -1.61. The fraction of sp³-hybridized carbons (Fsp3) is 0.0714. The van der Waals surface area contributed by atoms with Gasteiger partial charge in [0.1, 0.15) is 0 Å². The van der Waals surface area contributed by atoms with Crippen LogP contribution in [0, 0.1) is 0 Å². The van der Waals surface area contributed by atoms with E-state index in [2.05, 4.69) is 57.4 Å². The molecule has 1 heterocycles. The normalized spacial score (nSPS) is 10.9. The minimum atomic E-state index is 1.13. The van der Waals surface area contributed by atoms with Crippen molar-refractivity contribution >= 4 is 26.7 Å². The van der Waals surface area contributed by atoms with E-state index in [1.165, 1.54) is 16.3 Å². The largest absolute Gasteiger partial charge is 0.275 e. The zero-order chi connectivity index (χ0) is 11.8. The van der Waals surface area contributed by atoms with Gasteiger partial charge in [-0.1, -0.05) is 40.2 Å². The van der Waals surface area contributed by atoms with E-state index in [0.29, 0.717) is 0 Å². The Morgan fingerprint density at radius 3 is 2.76 bits per heavy atom. The van der Waals surface area contributed by atoms with Crippen LogP contribution >= 0.6 is 15.9 Å². The van der Waals surface area contributed by atoms with Gasteiger partial charge in [0.15, 0.2) is 0 Å². The van der Waals surface area contributed by atoms with Gasteiger partial charge in [0.2, 0.25) is 0 Å². The third kappa shape index (κ3) is 1.87. The lowest BCUT2D eigenvalue weighted by atomic mass is 10.0. The Bertz CT molecular complexity index is 686. The second kappa shape index (κ2) is 4.00. The van der Waals surface area contributed by atoms with Crippen LogP contribution in [0.15, 0.2) is 53.3 Å². The van der Waals surface area contributed by atoms with E-state index in [-0.39, 0.29) is 0 Å². The first kappa shape index (κ1) is 10.5. The molecule has 3 rings (SSSR count). The van der Waals surface area contributed by atoms with E-state index in [1.807, 2.05) is 24.1 Å². The van der Waals surface area contributed by atoms with E-state index in [4.69, 9.17) is 0 Å². The highest BCUT2D eigenvalue weighted by molar-refractivity contribution is 9.10. The summed E-state index contributed by atoms with van der Waals surface area (Å²) in [7, 11) is 1.93. The lowest BCUT2D eigenvalue weighted by Crippen LogP contribution is -1.84. The summed E-state index contributed by atoms with van der Waals surface area (Å²) in [6.07, 6.45) is 3.91. The van der Waals surface area contributed by atoms with Crippen molar-refractivity contribution in [2.75, 3.05) is 0 Å². The van der Waals surface area contributed by atoms with Crippen LogP contribution < -0.4 is 0 Å². The lowest BCUT2D eigenvalue weighted by molar-refractivity contribution is 0.768. The molecule has 0 saturated carbocycles. The third-order valence-electron chi connectivity index (χ3n) is 2.87. The standard InChI is InChI=1S/C14H11BrN2/c1-17-9-12(8-16-17)10-5-6-13-11(7-10)3-2-4-14(13)15/h2-9H,1H3. The van der Waals surface area contributed by atoms with Crippen molar-refractivity contribution < 1.29 is 0 Å². The summed E-state index contributed by atoms with van der Waals surface area (Å²) in [5, 5.41) is 6.67. The van der Waals surface area contributed by atoms with Crippen LogP contribution in [0.1, 0.15) is 0 Å². The van der Waals surface area contributed by atoms with Crippen molar-refractivity contribution in [2.45, 2.75) is 0 Å². The van der Waals surface area contributed by atoms with Gasteiger partial charge in [-0.25, -0.2) is 0 Å². The second-order valence-corrected chi connectivity index (χ2v) is 4.93. The third-order valence-corrected chi connectivity index (χ3v) is 3.56. The molecule has 0 saturated heterocycles. The highest BCUT2D eigenvalue weighted by atomic mass is 79.9. The van der Waals surface area contributed by atoms with E-state index in [0.717, 1.165) is 10.0 Å². The molecule has 84 valence electrons. The van der Waals surface area contributed by atoms with E-state index in [1.54, 1.807) is 0 Å². The molecule has 17 heavy (non-hydrogen) atoms. The van der Waals surface area contributed by atoms with Crippen LogP contribution in [0.4, 0.5) is 0 Å². The van der Waals surface area contributed by atoms with Crippen LogP contribution in [0.5, 0.6) is 0 Å². The predicted molar refractivity (Wildman–Crippen MR) is 73.9 cm³/mol. The van der Waals surface area contributed by atoms with Gasteiger partial charge in [0, 0.05) is 23.3 Å². The zero-order valence-corrected chi connectivity index (χ0v) is 11.0. The van der Waals surface area contributed by atoms with Crippen molar-refractivity contribution in [3.63, 3.8) is 0 Å². The average molecular weight is 287 g/mol. The molecule has 0 bridgehead atoms. The summed E-state index contributed by atoms with van der Waals surface area (Å²) in [6.45, 7) is 0. The molecule has 3 heteroatoms. The minimum Gasteiger partial charge on any atom is -0.275 e. The first-order valence-electron chi connectivity index (χ1n) is 5.41. The highest BCUT2D eigenvalue weighted by Gasteiger charge is 2.03. The van der Waals surface area contributed by atoms with Crippen molar-refractivity contribution in [3.8, 4) is 11.1 Å². The van der Waals surface area contributed by atoms with Crippen LogP contribution in [0.25, 0.3) is 21.9 Å². The predicted octanol–water partition coefficient (Wildman–Crippen LogP) is 4.00. The van der Waals surface area contributed by atoms with E-state index >= 15 is 0 Å². The number of halogens is 1. The van der Waals surface area contributed by atoms with Gasteiger partial charge in [-0.3, -0.25) is 4.68 Å². The van der Waals surface area contributed by atoms with Crippen LogP contribution in [0.2, 0.25) is 0 Å². The maximum atomic E-state index is 4.20. The Balaban J connectivity index is 2.20. The molecule has 0 aliphatic heterocycles. The molecule has 3 aromatic rings. The van der Waals surface area contributed by atoms with Crippen molar-refractivity contribution in [1.29, 1.82) is 0 Å². The molecule has 0 aliphatic rings. The van der Waals surface area contributed by atoms with Crippen LogP contribution in [-0.4, -0.2) is 9.78 Å². The number of nitrogens with zero attached hydrogens (tertiary/aromatic N) is 2. The number of rotatable bonds is 1. The topological polar surface area (TPSA) is 17.8 Å². The van der Waals surface area contributed by atoms with Gasteiger partial charge in [0.25, 0.3) is 0 Å². The molecule has 2 aromatic carbocycles. The summed E-state index contributed by atoms with van der Waals surface area (Å²) in [5.41, 5.74) is 2.35. The van der Waals surface area contributed by atoms with Gasteiger partial charge in [-0.2, -0.15) is 5.10 Å². The molecule has 0 aliphatic carbocycles. The number of aromatic nitrogens is 2. The number of fused-ring (bicyclic) bond motifs is 1. The first-order chi connectivity index (χ1) is 8.24. The van der Waals surface area contributed by atoms with Crippen molar-refractivity contribution in [2.24, 2.45) is 7.05 Å². The minimum absolute atomic E-state index is 1.13. The maximum absolute atomic E-state index is 4.20. The monoisotopic (exact) mass is 286 g/mol. The highest BCUT2D eigenvalue weighted by Crippen LogP contribution is 2.28. The lowest BCUT2D eigenvalue weighted by Gasteiger charge is -2.03. The summed E-state index contributed by atoms with van der Waals surface area (Å²) < 4.78 is 2.95. The molecule has 0 spiro atoms. The number of benzene rings is 2. The summed E-state index contributed by atoms with van der Waals surface area (Å²) in [5.74, 6) is 0. The first-order valence-corrected chi connectivity index (χ1v) is 6.20. The molecule has 0 atom stereocenters.